The Morgan fingerprint density at radius 2 is 2.41 bits per heavy atom. The molecule has 4 heteroatoms. The molecule has 0 bridgehead atoms. The standard InChI is InChI=1S/C13H17NO3/c1-3-7-14-13(16)9-17-12-6-4-5-11(8-12)10(2)15/h3-6,8,10,15H,1,7,9H2,2H3,(H,14,16)/t10-/m1/s1. The number of aliphatic hydroxyl groups is 1. The summed E-state index contributed by atoms with van der Waals surface area (Å²) in [5.74, 6) is 0.365. The number of aliphatic hydroxyl groups excluding tert-OH is 1. The van der Waals surface area contributed by atoms with Crippen LogP contribution in [0.25, 0.3) is 0 Å². The van der Waals surface area contributed by atoms with Crippen LogP contribution >= 0.6 is 0 Å². The Kier molecular flexibility index (Phi) is 5.23. The minimum Gasteiger partial charge on any atom is -0.484 e. The van der Waals surface area contributed by atoms with Crippen molar-refractivity contribution in [2.75, 3.05) is 13.2 Å². The molecule has 1 rings (SSSR count). The van der Waals surface area contributed by atoms with Crippen LogP contribution in [0.15, 0.2) is 36.9 Å². The zero-order chi connectivity index (χ0) is 12.7. The minimum absolute atomic E-state index is 0.0445. The first-order valence-corrected chi connectivity index (χ1v) is 5.42. The Labute approximate surface area is 101 Å². The van der Waals surface area contributed by atoms with Crippen molar-refractivity contribution in [3.8, 4) is 5.75 Å². The Balaban J connectivity index is 2.48. The summed E-state index contributed by atoms with van der Waals surface area (Å²) >= 11 is 0. The van der Waals surface area contributed by atoms with Gasteiger partial charge in [-0.2, -0.15) is 0 Å². The fourth-order valence-electron chi connectivity index (χ4n) is 1.25. The van der Waals surface area contributed by atoms with E-state index in [9.17, 15) is 9.90 Å². The number of amides is 1. The van der Waals surface area contributed by atoms with Crippen LogP contribution in [-0.4, -0.2) is 24.2 Å². The van der Waals surface area contributed by atoms with Crippen molar-refractivity contribution < 1.29 is 14.6 Å². The first kappa shape index (κ1) is 13.3. The number of carbonyl (C=O) groups is 1. The van der Waals surface area contributed by atoms with Gasteiger partial charge in [-0.3, -0.25) is 4.79 Å². The van der Waals surface area contributed by atoms with Gasteiger partial charge < -0.3 is 15.2 Å². The summed E-state index contributed by atoms with van der Waals surface area (Å²) in [6.07, 6.45) is 1.06. The highest BCUT2D eigenvalue weighted by Gasteiger charge is 2.04. The number of rotatable bonds is 6. The van der Waals surface area contributed by atoms with E-state index in [1.54, 1.807) is 37.3 Å². The fourth-order valence-corrected chi connectivity index (χ4v) is 1.25. The second kappa shape index (κ2) is 6.70. The van der Waals surface area contributed by atoms with Crippen LogP contribution in [0.4, 0.5) is 0 Å². The summed E-state index contributed by atoms with van der Waals surface area (Å²) in [7, 11) is 0. The van der Waals surface area contributed by atoms with E-state index in [0.717, 1.165) is 5.56 Å². The molecule has 0 aromatic heterocycles. The van der Waals surface area contributed by atoms with Gasteiger partial charge in [0.05, 0.1) is 6.10 Å². The Morgan fingerprint density at radius 1 is 1.65 bits per heavy atom. The molecule has 0 unspecified atom stereocenters. The predicted octanol–water partition coefficient (Wildman–Crippen LogP) is 1.42. The van der Waals surface area contributed by atoms with Gasteiger partial charge in [-0.1, -0.05) is 18.2 Å². The van der Waals surface area contributed by atoms with Crippen LogP contribution in [0.2, 0.25) is 0 Å². The van der Waals surface area contributed by atoms with Crippen molar-refractivity contribution in [1.29, 1.82) is 0 Å². The third-order valence-corrected chi connectivity index (χ3v) is 2.15. The second-order valence-corrected chi connectivity index (χ2v) is 3.63. The lowest BCUT2D eigenvalue weighted by Crippen LogP contribution is -2.28. The molecule has 92 valence electrons. The van der Waals surface area contributed by atoms with Crippen molar-refractivity contribution in [2.24, 2.45) is 0 Å². The molecule has 0 heterocycles. The largest absolute Gasteiger partial charge is 0.484 e. The third kappa shape index (κ3) is 4.70. The molecule has 0 saturated heterocycles. The van der Waals surface area contributed by atoms with Gasteiger partial charge in [-0.05, 0) is 24.6 Å². The van der Waals surface area contributed by atoms with E-state index >= 15 is 0 Å². The lowest BCUT2D eigenvalue weighted by atomic mass is 10.1. The summed E-state index contributed by atoms with van der Waals surface area (Å²) in [5.41, 5.74) is 0.758. The van der Waals surface area contributed by atoms with E-state index in [2.05, 4.69) is 11.9 Å². The van der Waals surface area contributed by atoms with Crippen molar-refractivity contribution >= 4 is 5.91 Å². The molecule has 0 spiro atoms. The SMILES string of the molecule is C=CCNC(=O)COc1cccc([C@@H](C)O)c1. The molecule has 0 aliphatic carbocycles. The molecule has 1 amide bonds. The Morgan fingerprint density at radius 3 is 3.06 bits per heavy atom. The molecule has 17 heavy (non-hydrogen) atoms. The molecule has 0 fully saturated rings. The molecule has 0 aliphatic rings. The molecule has 0 aliphatic heterocycles. The Bertz CT molecular complexity index is 388. The van der Waals surface area contributed by atoms with Gasteiger partial charge in [-0.25, -0.2) is 0 Å². The van der Waals surface area contributed by atoms with Crippen LogP contribution in [-0.2, 0) is 4.79 Å². The number of nitrogens with one attached hydrogen (secondary N) is 1. The summed E-state index contributed by atoms with van der Waals surface area (Å²) < 4.78 is 5.30. The van der Waals surface area contributed by atoms with E-state index < -0.39 is 6.10 Å². The Hall–Kier alpha value is -1.81. The molecule has 1 aromatic rings. The van der Waals surface area contributed by atoms with Crippen molar-refractivity contribution in [2.45, 2.75) is 13.0 Å². The molecular weight excluding hydrogens is 218 g/mol. The predicted molar refractivity (Wildman–Crippen MR) is 65.8 cm³/mol. The summed E-state index contributed by atoms with van der Waals surface area (Å²) in [4.78, 5) is 11.3. The lowest BCUT2D eigenvalue weighted by Gasteiger charge is -2.09. The first-order chi connectivity index (χ1) is 8.13. The van der Waals surface area contributed by atoms with E-state index in [0.29, 0.717) is 12.3 Å². The second-order valence-electron chi connectivity index (χ2n) is 3.63. The monoisotopic (exact) mass is 235 g/mol. The lowest BCUT2D eigenvalue weighted by molar-refractivity contribution is -0.122. The molecular formula is C13H17NO3. The highest BCUT2D eigenvalue weighted by atomic mass is 16.5. The average molecular weight is 235 g/mol. The summed E-state index contributed by atoms with van der Waals surface area (Å²) in [6.45, 7) is 5.56. The van der Waals surface area contributed by atoms with Crippen molar-refractivity contribution in [1.82, 2.24) is 5.32 Å². The van der Waals surface area contributed by atoms with E-state index in [1.807, 2.05) is 0 Å². The summed E-state index contributed by atoms with van der Waals surface area (Å²) in [6, 6.07) is 7.03. The van der Waals surface area contributed by atoms with Crippen molar-refractivity contribution in [3.05, 3.63) is 42.5 Å². The number of hydrogen-bond acceptors (Lipinski definition) is 3. The number of ether oxygens (including phenoxy) is 1. The quantitative estimate of drug-likeness (QED) is 0.733. The van der Waals surface area contributed by atoms with Gasteiger partial charge in [0.1, 0.15) is 5.75 Å². The van der Waals surface area contributed by atoms with Crippen molar-refractivity contribution in [3.63, 3.8) is 0 Å². The number of carbonyl (C=O) groups excluding carboxylic acids is 1. The normalized spacial score (nSPS) is 11.6. The molecule has 4 nitrogen and oxygen atoms in total. The zero-order valence-corrected chi connectivity index (χ0v) is 9.85. The molecule has 1 atom stereocenters. The molecule has 0 saturated carbocycles. The molecule has 0 radical (unpaired) electrons. The molecule has 1 aromatic carbocycles. The average Bonchev–Trinajstić information content (AvgIpc) is 2.34. The van der Waals surface area contributed by atoms with Crippen LogP contribution in [0.5, 0.6) is 5.75 Å². The minimum atomic E-state index is -0.548. The number of benzene rings is 1. The highest BCUT2D eigenvalue weighted by Crippen LogP contribution is 2.18. The topological polar surface area (TPSA) is 58.6 Å². The van der Waals surface area contributed by atoms with Gasteiger partial charge in [0.15, 0.2) is 6.61 Å². The molecule has 2 N–H and O–H groups in total. The van der Waals surface area contributed by atoms with Crippen LogP contribution in [0.3, 0.4) is 0 Å². The zero-order valence-electron chi connectivity index (χ0n) is 9.85. The van der Waals surface area contributed by atoms with E-state index in [-0.39, 0.29) is 12.5 Å². The fraction of sp³-hybridized carbons (Fsp3) is 0.308. The van der Waals surface area contributed by atoms with Gasteiger partial charge in [0.25, 0.3) is 5.91 Å². The first-order valence-electron chi connectivity index (χ1n) is 5.42. The maximum Gasteiger partial charge on any atom is 0.258 e. The van der Waals surface area contributed by atoms with Gasteiger partial charge >= 0.3 is 0 Å². The van der Waals surface area contributed by atoms with Crippen LogP contribution in [0.1, 0.15) is 18.6 Å². The van der Waals surface area contributed by atoms with Gasteiger partial charge in [0.2, 0.25) is 0 Å². The highest BCUT2D eigenvalue weighted by molar-refractivity contribution is 5.77. The number of hydrogen-bond donors (Lipinski definition) is 2. The van der Waals surface area contributed by atoms with Gasteiger partial charge in [-0.15, -0.1) is 6.58 Å². The van der Waals surface area contributed by atoms with Crippen LogP contribution in [0, 0.1) is 0 Å². The van der Waals surface area contributed by atoms with E-state index in [1.165, 1.54) is 0 Å². The third-order valence-electron chi connectivity index (χ3n) is 2.15. The van der Waals surface area contributed by atoms with Gasteiger partial charge in [0, 0.05) is 6.54 Å². The summed E-state index contributed by atoms with van der Waals surface area (Å²) in [5, 5.41) is 12.0. The smallest absolute Gasteiger partial charge is 0.258 e. The van der Waals surface area contributed by atoms with Crippen LogP contribution < -0.4 is 10.1 Å². The maximum absolute atomic E-state index is 11.3. The van der Waals surface area contributed by atoms with E-state index in [4.69, 9.17) is 4.74 Å². The maximum atomic E-state index is 11.3.